The van der Waals surface area contributed by atoms with Crippen LogP contribution in [0.15, 0.2) is 4.99 Å². The second-order valence-electron chi connectivity index (χ2n) is 2.77. The Kier molecular flexibility index (Phi) is 2.69. The Labute approximate surface area is 74.4 Å². The van der Waals surface area contributed by atoms with Crippen LogP contribution in [-0.4, -0.2) is 46.9 Å². The Balaban J connectivity index is 2.72. The predicted octanol–water partition coefficient (Wildman–Crippen LogP) is -2.95. The minimum absolute atomic E-state index is 0.0184. The molecule has 3 atom stereocenters. The molecular formula is C6H12N4O3. The quantitative estimate of drug-likeness (QED) is 0.321. The number of aliphatic hydroxyl groups excluding tert-OH is 1. The molecule has 1 aliphatic rings. The number of carboxylic acids is 1. The van der Waals surface area contributed by atoms with Crippen LogP contribution in [0.3, 0.4) is 0 Å². The lowest BCUT2D eigenvalue weighted by Gasteiger charge is -2.19. The van der Waals surface area contributed by atoms with E-state index in [4.69, 9.17) is 16.6 Å². The highest BCUT2D eigenvalue weighted by molar-refractivity contribution is 5.87. The van der Waals surface area contributed by atoms with E-state index in [1.54, 1.807) is 0 Å². The number of aliphatic hydroxyl groups is 1. The van der Waals surface area contributed by atoms with Crippen LogP contribution >= 0.6 is 0 Å². The summed E-state index contributed by atoms with van der Waals surface area (Å²) in [5, 5.41) is 20.6. The van der Waals surface area contributed by atoms with Crippen LogP contribution in [0.25, 0.3) is 0 Å². The average Bonchev–Trinajstić information content (AvgIpc) is 2.46. The lowest BCUT2D eigenvalue weighted by atomic mass is 10.0. The Morgan fingerprint density at radius 3 is 2.85 bits per heavy atom. The highest BCUT2D eigenvalue weighted by Crippen LogP contribution is 2.09. The third-order valence-electron chi connectivity index (χ3n) is 1.84. The first-order valence-electron chi connectivity index (χ1n) is 3.77. The summed E-state index contributed by atoms with van der Waals surface area (Å²) in [7, 11) is 0. The number of nitrogens with two attached hydrogens (primary N) is 2. The van der Waals surface area contributed by atoms with Gasteiger partial charge in [0.05, 0.1) is 12.1 Å². The maximum Gasteiger partial charge on any atom is 0.330 e. The number of hydrogen-bond donors (Lipinski definition) is 5. The number of nitrogens with one attached hydrogen (secondary N) is 1. The minimum atomic E-state index is -1.13. The van der Waals surface area contributed by atoms with Crippen molar-refractivity contribution in [2.45, 2.75) is 18.2 Å². The lowest BCUT2D eigenvalue weighted by molar-refractivity contribution is -0.139. The van der Waals surface area contributed by atoms with E-state index in [0.717, 1.165) is 0 Å². The van der Waals surface area contributed by atoms with Crippen molar-refractivity contribution in [1.82, 2.24) is 5.32 Å². The lowest BCUT2D eigenvalue weighted by Crippen LogP contribution is -2.51. The van der Waals surface area contributed by atoms with Gasteiger partial charge in [-0.2, -0.15) is 0 Å². The number of rotatable bonds is 3. The highest BCUT2D eigenvalue weighted by atomic mass is 16.4. The van der Waals surface area contributed by atoms with Crippen molar-refractivity contribution in [2.75, 3.05) is 6.54 Å². The third kappa shape index (κ3) is 1.87. The van der Waals surface area contributed by atoms with Gasteiger partial charge in [0.1, 0.15) is 0 Å². The van der Waals surface area contributed by atoms with E-state index in [1.165, 1.54) is 0 Å². The summed E-state index contributed by atoms with van der Waals surface area (Å²) in [6.07, 6.45) is -0.967. The number of aliphatic carboxylic acids is 1. The van der Waals surface area contributed by atoms with Crippen LogP contribution in [0, 0.1) is 0 Å². The van der Waals surface area contributed by atoms with Gasteiger partial charge in [0, 0.05) is 6.54 Å². The van der Waals surface area contributed by atoms with Crippen molar-refractivity contribution in [2.24, 2.45) is 16.5 Å². The van der Waals surface area contributed by atoms with Crippen LogP contribution in [0.4, 0.5) is 0 Å². The van der Waals surface area contributed by atoms with Gasteiger partial charge in [0.15, 0.2) is 12.0 Å². The van der Waals surface area contributed by atoms with Crippen LogP contribution in [-0.2, 0) is 4.79 Å². The van der Waals surface area contributed by atoms with E-state index < -0.39 is 24.2 Å². The first kappa shape index (κ1) is 9.75. The molecule has 0 aromatic heterocycles. The molecule has 0 radical (unpaired) electrons. The van der Waals surface area contributed by atoms with Crippen molar-refractivity contribution in [3.8, 4) is 0 Å². The molecule has 7 heteroatoms. The molecule has 0 saturated heterocycles. The molecule has 0 fully saturated rings. The first-order valence-corrected chi connectivity index (χ1v) is 3.77. The zero-order valence-corrected chi connectivity index (χ0v) is 6.84. The van der Waals surface area contributed by atoms with Crippen molar-refractivity contribution < 1.29 is 15.0 Å². The van der Waals surface area contributed by atoms with Gasteiger partial charge < -0.3 is 27.0 Å². The van der Waals surface area contributed by atoms with Crippen molar-refractivity contribution >= 4 is 11.9 Å². The zero-order chi connectivity index (χ0) is 10.0. The fraction of sp³-hybridized carbons (Fsp3) is 0.667. The SMILES string of the molecule is NCC(O)[C@@H]1NC(N)=N[C@H]1C(=O)O. The maximum absolute atomic E-state index is 10.6. The van der Waals surface area contributed by atoms with E-state index in [-0.39, 0.29) is 12.5 Å². The molecule has 1 heterocycles. The van der Waals surface area contributed by atoms with Gasteiger partial charge in [-0.15, -0.1) is 0 Å². The Morgan fingerprint density at radius 1 is 1.77 bits per heavy atom. The van der Waals surface area contributed by atoms with Crippen LogP contribution in [0.5, 0.6) is 0 Å². The van der Waals surface area contributed by atoms with Gasteiger partial charge in [-0.05, 0) is 0 Å². The standard InChI is InChI=1S/C6H12N4O3/c7-1-2(11)3-4(5(12)13)10-6(8)9-3/h2-4,11H,1,7H2,(H,12,13)(H3,8,9,10)/t2?,3-,4+/m0/s1. The molecular weight excluding hydrogens is 176 g/mol. The van der Waals surface area contributed by atoms with Gasteiger partial charge in [0.2, 0.25) is 0 Å². The van der Waals surface area contributed by atoms with Crippen molar-refractivity contribution in [3.63, 3.8) is 0 Å². The Bertz CT molecular complexity index is 242. The maximum atomic E-state index is 10.6. The van der Waals surface area contributed by atoms with Crippen LogP contribution in [0.1, 0.15) is 0 Å². The molecule has 0 saturated carbocycles. The monoisotopic (exact) mass is 188 g/mol. The molecule has 74 valence electrons. The number of nitrogens with zero attached hydrogens (tertiary/aromatic N) is 1. The molecule has 7 nitrogen and oxygen atoms in total. The van der Waals surface area contributed by atoms with E-state index in [1.807, 2.05) is 0 Å². The number of carbonyl (C=O) groups is 1. The summed E-state index contributed by atoms with van der Waals surface area (Å²) in [6, 6.07) is -1.79. The largest absolute Gasteiger partial charge is 0.480 e. The Hall–Kier alpha value is -1.34. The van der Waals surface area contributed by atoms with Crippen molar-refractivity contribution in [1.29, 1.82) is 0 Å². The molecule has 0 amide bonds. The summed E-state index contributed by atoms with van der Waals surface area (Å²) in [5.74, 6) is -1.12. The number of hydrogen-bond acceptors (Lipinski definition) is 6. The third-order valence-corrected chi connectivity index (χ3v) is 1.84. The smallest absolute Gasteiger partial charge is 0.330 e. The summed E-state index contributed by atoms with van der Waals surface area (Å²) < 4.78 is 0. The van der Waals surface area contributed by atoms with Gasteiger partial charge in [0.25, 0.3) is 0 Å². The molecule has 0 spiro atoms. The summed E-state index contributed by atoms with van der Waals surface area (Å²) in [5.41, 5.74) is 10.5. The van der Waals surface area contributed by atoms with E-state index in [2.05, 4.69) is 10.3 Å². The summed E-state index contributed by atoms with van der Waals surface area (Å²) in [6.45, 7) is -0.0375. The van der Waals surface area contributed by atoms with Crippen molar-refractivity contribution in [3.05, 3.63) is 0 Å². The van der Waals surface area contributed by atoms with Crippen LogP contribution < -0.4 is 16.8 Å². The molecule has 0 aromatic carbocycles. The number of aliphatic imine (C=N–C) groups is 1. The highest BCUT2D eigenvalue weighted by Gasteiger charge is 2.37. The van der Waals surface area contributed by atoms with Gasteiger partial charge in [-0.25, -0.2) is 9.79 Å². The fourth-order valence-electron chi connectivity index (χ4n) is 1.18. The molecule has 0 aromatic rings. The molecule has 1 aliphatic heterocycles. The molecule has 0 aliphatic carbocycles. The molecule has 0 bridgehead atoms. The summed E-state index contributed by atoms with van der Waals surface area (Å²) >= 11 is 0. The van der Waals surface area contributed by atoms with E-state index >= 15 is 0 Å². The predicted molar refractivity (Wildman–Crippen MR) is 45.0 cm³/mol. The van der Waals surface area contributed by atoms with E-state index in [0.29, 0.717) is 0 Å². The molecule has 1 unspecified atom stereocenters. The minimum Gasteiger partial charge on any atom is -0.480 e. The van der Waals surface area contributed by atoms with Gasteiger partial charge >= 0.3 is 5.97 Å². The Morgan fingerprint density at radius 2 is 2.38 bits per heavy atom. The van der Waals surface area contributed by atoms with Crippen LogP contribution in [0.2, 0.25) is 0 Å². The second-order valence-corrected chi connectivity index (χ2v) is 2.77. The van der Waals surface area contributed by atoms with E-state index in [9.17, 15) is 9.90 Å². The number of guanidine groups is 1. The molecule has 1 rings (SSSR count). The first-order chi connectivity index (χ1) is 6.06. The fourth-order valence-corrected chi connectivity index (χ4v) is 1.18. The average molecular weight is 188 g/mol. The second kappa shape index (κ2) is 3.58. The summed E-state index contributed by atoms with van der Waals surface area (Å²) in [4.78, 5) is 14.2. The molecule has 7 N–H and O–H groups in total. The van der Waals surface area contributed by atoms with Gasteiger partial charge in [-0.1, -0.05) is 0 Å². The number of carboxylic acid groups (broad SMARTS) is 1. The normalized spacial score (nSPS) is 29.2. The zero-order valence-electron chi connectivity index (χ0n) is 6.84. The molecule has 13 heavy (non-hydrogen) atoms. The van der Waals surface area contributed by atoms with Gasteiger partial charge in [-0.3, -0.25) is 0 Å². The topological polar surface area (TPSA) is 134 Å².